The van der Waals surface area contributed by atoms with E-state index in [1.807, 2.05) is 0 Å². The van der Waals surface area contributed by atoms with Crippen molar-refractivity contribution in [2.45, 2.75) is 40.2 Å². The fourth-order valence-corrected chi connectivity index (χ4v) is 3.06. The van der Waals surface area contributed by atoms with Crippen molar-refractivity contribution in [1.29, 1.82) is 0 Å². The molecule has 2 N–H and O–H groups in total. The van der Waals surface area contributed by atoms with E-state index in [0.717, 1.165) is 30.3 Å². The van der Waals surface area contributed by atoms with E-state index < -0.39 is 0 Å². The van der Waals surface area contributed by atoms with Crippen LogP contribution in [-0.2, 0) is 0 Å². The molecule has 1 atom stereocenters. The Bertz CT molecular complexity index is 364. The maximum Gasteiger partial charge on any atom is 0.185 e. The Morgan fingerprint density at radius 2 is 2.12 bits per heavy atom. The summed E-state index contributed by atoms with van der Waals surface area (Å²) < 4.78 is 0. The van der Waals surface area contributed by atoms with Crippen molar-refractivity contribution < 1.29 is 0 Å². The average Bonchev–Trinajstić information content (AvgIpc) is 2.52. The first-order chi connectivity index (χ1) is 7.40. The molecule has 1 saturated heterocycles. The van der Waals surface area contributed by atoms with Crippen LogP contribution >= 0.6 is 11.3 Å². The lowest BCUT2D eigenvalue weighted by molar-refractivity contribution is 0.245. The fraction of sp³-hybridized carbons (Fsp3) is 0.750. The number of aromatic nitrogens is 1. The van der Waals surface area contributed by atoms with Crippen molar-refractivity contribution in [1.82, 2.24) is 4.98 Å². The second-order valence-electron chi connectivity index (χ2n) is 5.44. The number of nitrogens with two attached hydrogens (primary N) is 1. The molecule has 1 fully saturated rings. The standard InChI is InChI=1S/C12H21N3S/c1-8-9(2)16-11(14-8)15-6-5-10(13)12(3,4)7-15/h10H,5-7,13H2,1-4H3. The minimum Gasteiger partial charge on any atom is -0.347 e. The molecule has 16 heavy (non-hydrogen) atoms. The largest absolute Gasteiger partial charge is 0.347 e. The van der Waals surface area contributed by atoms with E-state index in [-0.39, 0.29) is 5.41 Å². The van der Waals surface area contributed by atoms with Crippen molar-refractivity contribution in [2.75, 3.05) is 18.0 Å². The summed E-state index contributed by atoms with van der Waals surface area (Å²) in [5.74, 6) is 0. The molecule has 1 aromatic rings. The summed E-state index contributed by atoms with van der Waals surface area (Å²) >= 11 is 1.80. The molecule has 0 radical (unpaired) electrons. The van der Waals surface area contributed by atoms with Crippen LogP contribution in [0.3, 0.4) is 0 Å². The van der Waals surface area contributed by atoms with Crippen LogP contribution in [0.5, 0.6) is 0 Å². The minimum atomic E-state index is 0.186. The molecule has 3 nitrogen and oxygen atoms in total. The molecule has 2 rings (SSSR count). The third kappa shape index (κ3) is 2.09. The lowest BCUT2D eigenvalue weighted by atomic mass is 9.80. The summed E-state index contributed by atoms with van der Waals surface area (Å²) in [5.41, 5.74) is 7.49. The molecular weight excluding hydrogens is 218 g/mol. The zero-order chi connectivity index (χ0) is 11.9. The third-order valence-electron chi connectivity index (χ3n) is 3.60. The Morgan fingerprint density at radius 3 is 2.62 bits per heavy atom. The van der Waals surface area contributed by atoms with Gasteiger partial charge in [0, 0.05) is 24.0 Å². The van der Waals surface area contributed by atoms with E-state index in [4.69, 9.17) is 5.73 Å². The topological polar surface area (TPSA) is 42.2 Å². The van der Waals surface area contributed by atoms with Crippen LogP contribution in [0, 0.1) is 19.3 Å². The summed E-state index contributed by atoms with van der Waals surface area (Å²) in [6.07, 6.45) is 1.06. The quantitative estimate of drug-likeness (QED) is 0.818. The van der Waals surface area contributed by atoms with Gasteiger partial charge in [0.1, 0.15) is 0 Å². The van der Waals surface area contributed by atoms with Crippen LogP contribution < -0.4 is 10.6 Å². The van der Waals surface area contributed by atoms with Gasteiger partial charge in [-0.15, -0.1) is 11.3 Å². The molecule has 0 bridgehead atoms. The van der Waals surface area contributed by atoms with Crippen molar-refractivity contribution in [3.8, 4) is 0 Å². The molecule has 1 aromatic heterocycles. The van der Waals surface area contributed by atoms with Gasteiger partial charge < -0.3 is 10.6 Å². The zero-order valence-electron chi connectivity index (χ0n) is 10.6. The molecule has 1 aliphatic rings. The first-order valence-corrected chi connectivity index (χ1v) is 6.66. The predicted molar refractivity (Wildman–Crippen MR) is 70.2 cm³/mol. The molecule has 90 valence electrons. The van der Waals surface area contributed by atoms with E-state index >= 15 is 0 Å². The number of anilines is 1. The number of aryl methyl sites for hydroxylation is 2. The first kappa shape index (κ1) is 11.9. The Hall–Kier alpha value is -0.610. The van der Waals surface area contributed by atoms with Gasteiger partial charge in [-0.25, -0.2) is 4.98 Å². The lowest BCUT2D eigenvalue weighted by Gasteiger charge is -2.42. The Balaban J connectivity index is 2.17. The number of rotatable bonds is 1. The van der Waals surface area contributed by atoms with Crippen LogP contribution in [0.2, 0.25) is 0 Å². The summed E-state index contributed by atoms with van der Waals surface area (Å²) in [6.45, 7) is 10.8. The molecule has 0 amide bonds. The normalized spacial score (nSPS) is 24.8. The Labute approximate surface area is 102 Å². The molecule has 0 saturated carbocycles. The van der Waals surface area contributed by atoms with Crippen LogP contribution in [0.15, 0.2) is 0 Å². The van der Waals surface area contributed by atoms with E-state index in [1.54, 1.807) is 11.3 Å². The maximum atomic E-state index is 6.14. The van der Waals surface area contributed by atoms with Crippen molar-refractivity contribution in [2.24, 2.45) is 11.1 Å². The van der Waals surface area contributed by atoms with Gasteiger partial charge in [-0.2, -0.15) is 0 Å². The van der Waals surface area contributed by atoms with Crippen LogP contribution in [0.1, 0.15) is 30.8 Å². The molecule has 0 aromatic carbocycles. The highest BCUT2D eigenvalue weighted by molar-refractivity contribution is 7.15. The molecule has 0 aliphatic carbocycles. The van der Waals surface area contributed by atoms with E-state index in [9.17, 15) is 0 Å². The predicted octanol–water partition coefficient (Wildman–Crippen LogP) is 2.32. The van der Waals surface area contributed by atoms with Gasteiger partial charge in [-0.3, -0.25) is 0 Å². The lowest BCUT2D eigenvalue weighted by Crippen LogP contribution is -2.52. The Morgan fingerprint density at radius 1 is 1.44 bits per heavy atom. The molecule has 1 aliphatic heterocycles. The van der Waals surface area contributed by atoms with Gasteiger partial charge >= 0.3 is 0 Å². The fourth-order valence-electron chi connectivity index (χ4n) is 2.13. The maximum absolute atomic E-state index is 6.14. The molecule has 1 unspecified atom stereocenters. The van der Waals surface area contributed by atoms with Gasteiger partial charge in [0.15, 0.2) is 5.13 Å². The second kappa shape index (κ2) is 4.00. The monoisotopic (exact) mass is 239 g/mol. The molecular formula is C12H21N3S. The van der Waals surface area contributed by atoms with Crippen molar-refractivity contribution >= 4 is 16.5 Å². The van der Waals surface area contributed by atoms with Crippen molar-refractivity contribution in [3.05, 3.63) is 10.6 Å². The molecule has 0 spiro atoms. The highest BCUT2D eigenvalue weighted by Gasteiger charge is 2.34. The van der Waals surface area contributed by atoms with Crippen LogP contribution in [0.4, 0.5) is 5.13 Å². The highest BCUT2D eigenvalue weighted by Crippen LogP contribution is 2.33. The number of hydrogen-bond donors (Lipinski definition) is 1. The summed E-state index contributed by atoms with van der Waals surface area (Å²) in [5, 5.41) is 1.16. The third-order valence-corrected chi connectivity index (χ3v) is 4.73. The van der Waals surface area contributed by atoms with Gasteiger partial charge in [0.2, 0.25) is 0 Å². The summed E-state index contributed by atoms with van der Waals surface area (Å²) in [6, 6.07) is 0.311. The van der Waals surface area contributed by atoms with Gasteiger partial charge in [-0.05, 0) is 25.7 Å². The number of piperidine rings is 1. The average molecular weight is 239 g/mol. The smallest absolute Gasteiger partial charge is 0.185 e. The summed E-state index contributed by atoms with van der Waals surface area (Å²) in [4.78, 5) is 8.33. The summed E-state index contributed by atoms with van der Waals surface area (Å²) in [7, 11) is 0. The zero-order valence-corrected chi connectivity index (χ0v) is 11.4. The first-order valence-electron chi connectivity index (χ1n) is 5.85. The highest BCUT2D eigenvalue weighted by atomic mass is 32.1. The molecule has 2 heterocycles. The van der Waals surface area contributed by atoms with E-state index in [0.29, 0.717) is 6.04 Å². The van der Waals surface area contributed by atoms with Crippen molar-refractivity contribution in [3.63, 3.8) is 0 Å². The van der Waals surface area contributed by atoms with Gasteiger partial charge in [0.25, 0.3) is 0 Å². The number of thiazole rings is 1. The number of hydrogen-bond acceptors (Lipinski definition) is 4. The second-order valence-corrected chi connectivity index (χ2v) is 6.62. The molecule has 4 heteroatoms. The minimum absolute atomic E-state index is 0.186. The Kier molecular flexibility index (Phi) is 2.97. The van der Waals surface area contributed by atoms with Gasteiger partial charge in [-0.1, -0.05) is 13.8 Å². The van der Waals surface area contributed by atoms with Crippen LogP contribution in [0.25, 0.3) is 0 Å². The van der Waals surface area contributed by atoms with E-state index in [1.165, 1.54) is 4.88 Å². The number of nitrogens with zero attached hydrogens (tertiary/aromatic N) is 2. The van der Waals surface area contributed by atoms with Gasteiger partial charge in [0.05, 0.1) is 5.69 Å². The van der Waals surface area contributed by atoms with Crippen LogP contribution in [-0.4, -0.2) is 24.1 Å². The SMILES string of the molecule is Cc1nc(N2CCC(N)C(C)(C)C2)sc1C. The van der Waals surface area contributed by atoms with E-state index in [2.05, 4.69) is 37.6 Å².